The molecule has 0 heterocycles. The van der Waals surface area contributed by atoms with Crippen molar-refractivity contribution in [3.63, 3.8) is 0 Å². The van der Waals surface area contributed by atoms with Crippen LogP contribution in [0.1, 0.15) is 31.1 Å². The Morgan fingerprint density at radius 3 is 2.33 bits per heavy atom. The Morgan fingerprint density at radius 2 is 1.88 bits per heavy atom. The number of amides is 1. The van der Waals surface area contributed by atoms with E-state index in [1.165, 1.54) is 0 Å². The van der Waals surface area contributed by atoms with Gasteiger partial charge in [0.15, 0.2) is 4.90 Å². The molecule has 2 N–H and O–H groups in total. The van der Waals surface area contributed by atoms with Crippen molar-refractivity contribution in [3.8, 4) is 0 Å². The molecule has 0 radical (unpaired) electrons. The molecule has 0 atom stereocenters. The lowest BCUT2D eigenvalue weighted by Gasteiger charge is -2.16. The van der Waals surface area contributed by atoms with Gasteiger partial charge in [0.2, 0.25) is 0 Å². The van der Waals surface area contributed by atoms with Crippen molar-refractivity contribution in [1.82, 2.24) is 11.0 Å². The SMILES string of the molecule is CC(C)(C)C(=O)ONNC(=O)c1ccc(S(=O)(=O)Cl)c([N+](=O)[O-])c1. The fourth-order valence-electron chi connectivity index (χ4n) is 1.35. The minimum absolute atomic E-state index is 0.245. The summed E-state index contributed by atoms with van der Waals surface area (Å²) in [6.45, 7) is 4.77. The van der Waals surface area contributed by atoms with E-state index in [4.69, 9.17) is 10.7 Å². The molecule has 0 bridgehead atoms. The van der Waals surface area contributed by atoms with E-state index >= 15 is 0 Å². The van der Waals surface area contributed by atoms with E-state index in [0.717, 1.165) is 18.2 Å². The number of nitro groups is 1. The van der Waals surface area contributed by atoms with Gasteiger partial charge in [-0.2, -0.15) is 0 Å². The van der Waals surface area contributed by atoms with Crippen LogP contribution >= 0.6 is 10.7 Å². The molecule has 0 unspecified atom stereocenters. The topological polar surface area (TPSA) is 145 Å². The third-order valence-electron chi connectivity index (χ3n) is 2.60. The molecule has 0 saturated heterocycles. The molecule has 132 valence electrons. The fraction of sp³-hybridized carbons (Fsp3) is 0.333. The molecule has 10 nitrogen and oxygen atoms in total. The first kappa shape index (κ1) is 19.8. The Kier molecular flexibility index (Phi) is 5.87. The van der Waals surface area contributed by atoms with Crippen LogP contribution in [0.25, 0.3) is 0 Å². The van der Waals surface area contributed by atoms with E-state index in [1.807, 2.05) is 11.0 Å². The summed E-state index contributed by atoms with van der Waals surface area (Å²) in [6.07, 6.45) is 0. The molecule has 1 rings (SSSR count). The Morgan fingerprint density at radius 1 is 1.29 bits per heavy atom. The van der Waals surface area contributed by atoms with E-state index in [1.54, 1.807) is 20.8 Å². The molecule has 0 saturated carbocycles. The van der Waals surface area contributed by atoms with Crippen molar-refractivity contribution in [3.05, 3.63) is 33.9 Å². The van der Waals surface area contributed by atoms with Crippen molar-refractivity contribution in [2.24, 2.45) is 5.41 Å². The summed E-state index contributed by atoms with van der Waals surface area (Å²) in [5.41, 5.74) is 1.99. The summed E-state index contributed by atoms with van der Waals surface area (Å²) in [5, 5.41) is 10.9. The standard InChI is InChI=1S/C12H14ClN3O7S/c1-12(2,3)11(18)23-15-14-10(17)7-4-5-9(24(13,21)22)8(6-7)16(19)20/h4-6,15H,1-3H3,(H,14,17). The molecule has 0 aromatic heterocycles. The smallest absolute Gasteiger partial charge is 0.332 e. The van der Waals surface area contributed by atoms with Crippen LogP contribution in [0.5, 0.6) is 0 Å². The number of nitrogens with one attached hydrogen (secondary N) is 2. The molecule has 1 aromatic rings. The number of nitro benzene ring substituents is 1. The van der Waals surface area contributed by atoms with Gasteiger partial charge in [0.05, 0.1) is 10.3 Å². The first-order valence-electron chi connectivity index (χ1n) is 6.34. The largest absolute Gasteiger partial charge is 0.350 e. The zero-order valence-corrected chi connectivity index (χ0v) is 14.4. The molecule has 1 aromatic carbocycles. The summed E-state index contributed by atoms with van der Waals surface area (Å²) >= 11 is 0. The Balaban J connectivity index is 2.92. The number of rotatable bonds is 5. The van der Waals surface area contributed by atoms with Gasteiger partial charge >= 0.3 is 5.97 Å². The normalized spacial score (nSPS) is 11.7. The molecule has 24 heavy (non-hydrogen) atoms. The molecule has 0 spiro atoms. The zero-order valence-electron chi connectivity index (χ0n) is 12.8. The lowest BCUT2D eigenvalue weighted by atomic mass is 9.98. The van der Waals surface area contributed by atoms with Gasteiger partial charge in [-0.15, -0.1) is 0 Å². The molecule has 0 aliphatic heterocycles. The van der Waals surface area contributed by atoms with E-state index in [9.17, 15) is 28.1 Å². The number of hydrogen-bond donors (Lipinski definition) is 2. The van der Waals surface area contributed by atoms with Crippen LogP contribution in [0, 0.1) is 15.5 Å². The van der Waals surface area contributed by atoms with Crippen molar-refractivity contribution in [1.29, 1.82) is 0 Å². The highest BCUT2D eigenvalue weighted by atomic mass is 35.7. The highest BCUT2D eigenvalue weighted by Gasteiger charge is 2.26. The molecule has 0 aliphatic carbocycles. The third kappa shape index (κ3) is 5.15. The number of carbonyl (C=O) groups is 2. The van der Waals surface area contributed by atoms with Crippen molar-refractivity contribution >= 4 is 37.3 Å². The molecule has 12 heteroatoms. The average molecular weight is 380 g/mol. The molecule has 0 fully saturated rings. The highest BCUT2D eigenvalue weighted by Crippen LogP contribution is 2.27. The van der Waals surface area contributed by atoms with Gasteiger partial charge < -0.3 is 4.84 Å². The number of benzene rings is 1. The van der Waals surface area contributed by atoms with Crippen LogP contribution < -0.4 is 11.0 Å². The summed E-state index contributed by atoms with van der Waals surface area (Å²) in [6, 6.07) is 2.58. The second kappa shape index (κ2) is 7.11. The quantitative estimate of drug-likeness (QED) is 0.441. The van der Waals surface area contributed by atoms with Crippen LogP contribution in [-0.2, 0) is 18.7 Å². The van der Waals surface area contributed by atoms with Gasteiger partial charge in [-0.3, -0.25) is 20.3 Å². The van der Waals surface area contributed by atoms with Crippen molar-refractivity contribution in [2.75, 3.05) is 0 Å². The monoisotopic (exact) mass is 379 g/mol. The third-order valence-corrected chi connectivity index (χ3v) is 3.97. The van der Waals surface area contributed by atoms with Gasteiger partial charge in [0, 0.05) is 22.3 Å². The maximum absolute atomic E-state index is 11.8. The highest BCUT2D eigenvalue weighted by molar-refractivity contribution is 8.13. The van der Waals surface area contributed by atoms with Gasteiger partial charge in [-0.25, -0.2) is 13.2 Å². The van der Waals surface area contributed by atoms with E-state index in [-0.39, 0.29) is 5.56 Å². The minimum atomic E-state index is -4.35. The molecular weight excluding hydrogens is 366 g/mol. The summed E-state index contributed by atoms with van der Waals surface area (Å²) in [4.78, 5) is 37.1. The minimum Gasteiger partial charge on any atom is -0.350 e. The van der Waals surface area contributed by atoms with Gasteiger partial charge in [-0.05, 0) is 32.9 Å². The van der Waals surface area contributed by atoms with Crippen LogP contribution in [0.2, 0.25) is 0 Å². The first-order chi connectivity index (χ1) is 10.8. The van der Waals surface area contributed by atoms with Gasteiger partial charge in [0.25, 0.3) is 20.6 Å². The molecular formula is C12H14ClN3O7S. The van der Waals surface area contributed by atoms with Crippen molar-refractivity contribution in [2.45, 2.75) is 25.7 Å². The van der Waals surface area contributed by atoms with Crippen LogP contribution in [0.15, 0.2) is 23.1 Å². The predicted molar refractivity (Wildman–Crippen MR) is 82.3 cm³/mol. The van der Waals surface area contributed by atoms with Gasteiger partial charge in [-0.1, -0.05) is 5.59 Å². The second-order valence-electron chi connectivity index (χ2n) is 5.57. The second-order valence-corrected chi connectivity index (χ2v) is 8.11. The molecule has 1 amide bonds. The number of hydrazine groups is 1. The maximum atomic E-state index is 11.8. The summed E-state index contributed by atoms with van der Waals surface area (Å²) in [7, 11) is 0.747. The Hall–Kier alpha value is -2.24. The lowest BCUT2D eigenvalue weighted by molar-refractivity contribution is -0.387. The average Bonchev–Trinajstić information content (AvgIpc) is 2.44. The van der Waals surface area contributed by atoms with Crippen LogP contribution in [0.3, 0.4) is 0 Å². The van der Waals surface area contributed by atoms with Crippen LogP contribution in [-0.4, -0.2) is 25.2 Å². The number of halogens is 1. The number of hydrogen-bond acceptors (Lipinski definition) is 8. The summed E-state index contributed by atoms with van der Waals surface area (Å²) in [5.74, 6) is -1.55. The number of carbonyl (C=O) groups excluding carboxylic acids is 2. The lowest BCUT2D eigenvalue weighted by Crippen LogP contribution is -2.41. The zero-order chi connectivity index (χ0) is 18.7. The predicted octanol–water partition coefficient (Wildman–Crippen LogP) is 1.26. The number of nitrogens with zero attached hydrogens (tertiary/aromatic N) is 1. The Bertz CT molecular complexity index is 786. The van der Waals surface area contributed by atoms with Crippen molar-refractivity contribution < 1.29 is 27.8 Å². The van der Waals surface area contributed by atoms with E-state index in [2.05, 4.69) is 4.84 Å². The Labute approximate surface area is 141 Å². The van der Waals surface area contributed by atoms with E-state index < -0.39 is 41.8 Å². The fourth-order valence-corrected chi connectivity index (χ4v) is 2.36. The maximum Gasteiger partial charge on any atom is 0.332 e. The van der Waals surface area contributed by atoms with Crippen LogP contribution in [0.4, 0.5) is 5.69 Å². The van der Waals surface area contributed by atoms with Gasteiger partial charge in [0.1, 0.15) is 0 Å². The first-order valence-corrected chi connectivity index (χ1v) is 8.64. The molecule has 0 aliphatic rings. The summed E-state index contributed by atoms with van der Waals surface area (Å²) < 4.78 is 22.5. The van der Waals surface area contributed by atoms with E-state index in [0.29, 0.717) is 0 Å².